The van der Waals surface area contributed by atoms with E-state index in [1.165, 1.54) is 6.07 Å². The summed E-state index contributed by atoms with van der Waals surface area (Å²) in [6.07, 6.45) is 3.95. The molecule has 1 saturated carbocycles. The predicted molar refractivity (Wildman–Crippen MR) is 97.4 cm³/mol. The maximum Gasteiger partial charge on any atom is 0.239 e. The lowest BCUT2D eigenvalue weighted by atomic mass is 9.92. The molecule has 0 saturated heterocycles. The van der Waals surface area contributed by atoms with Crippen LogP contribution in [0.2, 0.25) is 0 Å². The molecule has 0 spiro atoms. The summed E-state index contributed by atoms with van der Waals surface area (Å²) in [5, 5.41) is 2.70. The Bertz CT molecular complexity index is 794. The molecule has 1 unspecified atom stereocenters. The van der Waals surface area contributed by atoms with E-state index in [1.54, 1.807) is 31.4 Å². The lowest BCUT2D eigenvalue weighted by Gasteiger charge is -2.18. The average molecular weight is 358 g/mol. The van der Waals surface area contributed by atoms with Crippen LogP contribution in [-0.2, 0) is 4.79 Å². The van der Waals surface area contributed by atoms with Crippen molar-refractivity contribution in [3.05, 3.63) is 65.2 Å². The van der Waals surface area contributed by atoms with Gasteiger partial charge in [-0.05, 0) is 54.7 Å². The third-order valence-corrected chi connectivity index (χ3v) is 4.31. The molecular formula is C18H19FN4OS. The first-order valence-corrected chi connectivity index (χ1v) is 8.49. The fraction of sp³-hybridized carbons (Fsp3) is 0.278. The van der Waals surface area contributed by atoms with Crippen molar-refractivity contribution >= 4 is 23.2 Å². The number of nitrogens with zero attached hydrogens (tertiary/aromatic N) is 1. The molecule has 0 aliphatic heterocycles. The molecule has 0 bridgehead atoms. The van der Waals surface area contributed by atoms with Gasteiger partial charge in [-0.25, -0.2) is 9.82 Å². The van der Waals surface area contributed by atoms with E-state index >= 15 is 0 Å². The standard InChI is InChI=1S/C18H19FN4OS/c1-20-23-18(25)22-17(24)16(13-4-2-3-5-14(13)19)15-10-12(8-9-21-15)11-6-7-11/h2-5,8-11,16,20H,6-7H2,1H3,(H2,22,23,24,25). The Labute approximate surface area is 151 Å². The first kappa shape index (κ1) is 17.4. The van der Waals surface area contributed by atoms with Crippen LogP contribution in [0.4, 0.5) is 4.39 Å². The van der Waals surface area contributed by atoms with E-state index in [0.29, 0.717) is 11.6 Å². The van der Waals surface area contributed by atoms with E-state index in [1.807, 2.05) is 12.1 Å². The first-order valence-electron chi connectivity index (χ1n) is 8.08. The van der Waals surface area contributed by atoms with Crippen molar-refractivity contribution in [1.82, 2.24) is 21.2 Å². The van der Waals surface area contributed by atoms with E-state index < -0.39 is 17.6 Å². The number of pyridine rings is 1. The molecule has 3 rings (SSSR count). The van der Waals surface area contributed by atoms with Gasteiger partial charge >= 0.3 is 0 Å². The first-order chi connectivity index (χ1) is 12.1. The largest absolute Gasteiger partial charge is 0.301 e. The molecule has 0 radical (unpaired) electrons. The Morgan fingerprint density at radius 3 is 2.76 bits per heavy atom. The van der Waals surface area contributed by atoms with Gasteiger partial charge in [0, 0.05) is 18.8 Å². The minimum absolute atomic E-state index is 0.118. The second-order valence-electron chi connectivity index (χ2n) is 5.94. The van der Waals surface area contributed by atoms with Crippen molar-refractivity contribution in [2.75, 3.05) is 7.05 Å². The number of hydrogen-bond acceptors (Lipinski definition) is 4. The molecule has 1 fully saturated rings. The maximum absolute atomic E-state index is 14.4. The van der Waals surface area contributed by atoms with E-state index in [4.69, 9.17) is 12.2 Å². The molecular weight excluding hydrogens is 339 g/mol. The van der Waals surface area contributed by atoms with Gasteiger partial charge in [-0.3, -0.25) is 15.2 Å². The predicted octanol–water partition coefficient (Wildman–Crippen LogP) is 2.36. The zero-order chi connectivity index (χ0) is 17.8. The van der Waals surface area contributed by atoms with Crippen molar-refractivity contribution < 1.29 is 9.18 Å². The van der Waals surface area contributed by atoms with Crippen molar-refractivity contribution in [2.45, 2.75) is 24.7 Å². The summed E-state index contributed by atoms with van der Waals surface area (Å²) in [6.45, 7) is 0. The van der Waals surface area contributed by atoms with Gasteiger partial charge in [-0.1, -0.05) is 18.2 Å². The SMILES string of the molecule is CNNC(=S)NC(=O)C(c1cc(C2CC2)ccn1)c1ccccc1F. The average Bonchev–Trinajstić information content (AvgIpc) is 3.42. The summed E-state index contributed by atoms with van der Waals surface area (Å²) >= 11 is 5.04. The summed E-state index contributed by atoms with van der Waals surface area (Å²) in [5.41, 5.74) is 7.18. The lowest BCUT2D eigenvalue weighted by Crippen LogP contribution is -2.46. The van der Waals surface area contributed by atoms with E-state index in [0.717, 1.165) is 18.4 Å². The normalized spacial score (nSPS) is 14.6. The van der Waals surface area contributed by atoms with Gasteiger partial charge in [0.1, 0.15) is 11.7 Å². The topological polar surface area (TPSA) is 66.0 Å². The highest BCUT2D eigenvalue weighted by Gasteiger charge is 2.30. The van der Waals surface area contributed by atoms with Gasteiger partial charge in [0.05, 0.1) is 5.69 Å². The van der Waals surface area contributed by atoms with Gasteiger partial charge in [0.25, 0.3) is 0 Å². The van der Waals surface area contributed by atoms with Crippen LogP contribution in [0.15, 0.2) is 42.6 Å². The fourth-order valence-electron chi connectivity index (χ4n) is 2.77. The molecule has 3 N–H and O–H groups in total. The van der Waals surface area contributed by atoms with Gasteiger partial charge in [0.2, 0.25) is 5.91 Å². The number of benzene rings is 1. The summed E-state index contributed by atoms with van der Waals surface area (Å²) in [6, 6.07) is 10.1. The molecule has 1 atom stereocenters. The molecule has 130 valence electrons. The molecule has 25 heavy (non-hydrogen) atoms. The van der Waals surface area contributed by atoms with E-state index in [-0.39, 0.29) is 10.7 Å². The van der Waals surface area contributed by atoms with Gasteiger partial charge in [-0.15, -0.1) is 0 Å². The number of hydrogen-bond donors (Lipinski definition) is 3. The minimum Gasteiger partial charge on any atom is -0.301 e. The van der Waals surface area contributed by atoms with Crippen LogP contribution in [0.1, 0.15) is 41.5 Å². The Balaban J connectivity index is 1.97. The number of carbonyl (C=O) groups is 1. The summed E-state index contributed by atoms with van der Waals surface area (Å²) in [4.78, 5) is 17.1. The second-order valence-corrected chi connectivity index (χ2v) is 6.34. The van der Waals surface area contributed by atoms with Crippen molar-refractivity contribution in [1.29, 1.82) is 0 Å². The molecule has 1 heterocycles. The smallest absolute Gasteiger partial charge is 0.239 e. The number of amides is 1. The molecule has 1 aromatic heterocycles. The van der Waals surface area contributed by atoms with Gasteiger partial charge in [0.15, 0.2) is 5.11 Å². The van der Waals surface area contributed by atoms with Gasteiger partial charge in [-0.2, -0.15) is 0 Å². The minimum atomic E-state index is -0.878. The van der Waals surface area contributed by atoms with Crippen LogP contribution >= 0.6 is 12.2 Å². The van der Waals surface area contributed by atoms with E-state index in [9.17, 15) is 9.18 Å². The number of hydrazine groups is 1. The lowest BCUT2D eigenvalue weighted by molar-refractivity contribution is -0.120. The third kappa shape index (κ3) is 4.18. The van der Waals surface area contributed by atoms with Crippen LogP contribution in [0.3, 0.4) is 0 Å². The Hall–Kier alpha value is -2.38. The van der Waals surface area contributed by atoms with Crippen molar-refractivity contribution in [3.8, 4) is 0 Å². The molecule has 7 heteroatoms. The Morgan fingerprint density at radius 1 is 1.32 bits per heavy atom. The van der Waals surface area contributed by atoms with Gasteiger partial charge < -0.3 is 5.32 Å². The highest BCUT2D eigenvalue weighted by Crippen LogP contribution is 2.40. The zero-order valence-electron chi connectivity index (χ0n) is 13.8. The highest BCUT2D eigenvalue weighted by atomic mass is 32.1. The van der Waals surface area contributed by atoms with Crippen molar-refractivity contribution in [2.24, 2.45) is 0 Å². The molecule has 1 aliphatic rings. The number of nitrogens with one attached hydrogen (secondary N) is 3. The van der Waals surface area contributed by atoms with Crippen LogP contribution in [0.5, 0.6) is 0 Å². The highest BCUT2D eigenvalue weighted by molar-refractivity contribution is 7.80. The molecule has 1 amide bonds. The molecule has 5 nitrogen and oxygen atoms in total. The maximum atomic E-state index is 14.4. The van der Waals surface area contributed by atoms with Crippen LogP contribution in [-0.4, -0.2) is 23.1 Å². The molecule has 2 aromatic rings. The molecule has 1 aromatic carbocycles. The quantitative estimate of drug-likeness (QED) is 0.566. The summed E-state index contributed by atoms with van der Waals surface area (Å²) in [5.74, 6) is -1.25. The number of rotatable bonds is 5. The second kappa shape index (κ2) is 7.67. The number of thiocarbonyl (C=S) groups is 1. The number of carbonyl (C=O) groups excluding carboxylic acids is 1. The Morgan fingerprint density at radius 2 is 2.08 bits per heavy atom. The van der Waals surface area contributed by atoms with E-state index in [2.05, 4.69) is 21.2 Å². The van der Waals surface area contributed by atoms with Crippen LogP contribution in [0.25, 0.3) is 0 Å². The number of aromatic nitrogens is 1. The monoisotopic (exact) mass is 358 g/mol. The number of halogens is 1. The third-order valence-electron chi connectivity index (χ3n) is 4.10. The van der Waals surface area contributed by atoms with Crippen molar-refractivity contribution in [3.63, 3.8) is 0 Å². The van der Waals surface area contributed by atoms with Crippen LogP contribution < -0.4 is 16.2 Å². The van der Waals surface area contributed by atoms with Crippen LogP contribution in [0, 0.1) is 5.82 Å². The Kier molecular flexibility index (Phi) is 5.35. The fourth-order valence-corrected chi connectivity index (χ4v) is 2.97. The summed E-state index contributed by atoms with van der Waals surface area (Å²) < 4.78 is 14.4. The summed E-state index contributed by atoms with van der Waals surface area (Å²) in [7, 11) is 1.63. The zero-order valence-corrected chi connectivity index (χ0v) is 14.6. The molecule has 1 aliphatic carbocycles.